The number of amides is 2. The molecule has 1 saturated heterocycles. The Morgan fingerprint density at radius 3 is 2.58 bits per heavy atom. The molecule has 1 aromatic rings. The van der Waals surface area contributed by atoms with Crippen molar-refractivity contribution >= 4 is 11.8 Å². The van der Waals surface area contributed by atoms with Gasteiger partial charge in [-0.3, -0.25) is 9.59 Å². The lowest BCUT2D eigenvalue weighted by atomic mass is 9.94. The molecule has 0 spiro atoms. The number of benzene rings is 1. The molecule has 1 aliphatic carbocycles. The van der Waals surface area contributed by atoms with Crippen LogP contribution in [-0.4, -0.2) is 36.3 Å². The number of nitrogens with one attached hydrogen (secondary N) is 1. The molecule has 0 bridgehead atoms. The summed E-state index contributed by atoms with van der Waals surface area (Å²) in [4.78, 5) is 26.7. The van der Waals surface area contributed by atoms with Gasteiger partial charge >= 0.3 is 0 Å². The van der Waals surface area contributed by atoms with Gasteiger partial charge in [-0.15, -0.1) is 0 Å². The minimum atomic E-state index is -0.0465. The first-order valence-electron chi connectivity index (χ1n) is 9.30. The van der Waals surface area contributed by atoms with E-state index in [1.807, 2.05) is 23.1 Å². The highest BCUT2D eigenvalue weighted by Gasteiger charge is 2.36. The van der Waals surface area contributed by atoms with E-state index in [-0.39, 0.29) is 23.7 Å². The van der Waals surface area contributed by atoms with Crippen molar-refractivity contribution < 1.29 is 9.59 Å². The molecule has 0 aromatic heterocycles. The van der Waals surface area contributed by atoms with Gasteiger partial charge in [-0.05, 0) is 37.7 Å². The molecule has 2 atom stereocenters. The van der Waals surface area contributed by atoms with Gasteiger partial charge in [0, 0.05) is 31.5 Å². The molecular weight excluding hydrogens is 300 g/mol. The maximum Gasteiger partial charge on any atom is 0.225 e. The van der Waals surface area contributed by atoms with Crippen LogP contribution in [0.4, 0.5) is 0 Å². The summed E-state index contributed by atoms with van der Waals surface area (Å²) in [6.45, 7) is 4.25. The van der Waals surface area contributed by atoms with E-state index >= 15 is 0 Å². The van der Waals surface area contributed by atoms with Gasteiger partial charge in [0.05, 0.1) is 5.92 Å². The number of hydrogen-bond donors (Lipinski definition) is 1. The van der Waals surface area contributed by atoms with E-state index in [4.69, 9.17) is 0 Å². The fraction of sp³-hybridized carbons (Fsp3) is 0.600. The SMILES string of the molecule is CC[C@@H](CNC(=O)[C@@H]1CCCN(C(=O)C2CC2)C1)c1ccccc1. The number of carbonyl (C=O) groups is 2. The van der Waals surface area contributed by atoms with E-state index in [0.717, 1.165) is 38.6 Å². The molecule has 0 unspecified atom stereocenters. The molecule has 1 aromatic carbocycles. The van der Waals surface area contributed by atoms with Crippen LogP contribution in [0, 0.1) is 11.8 Å². The van der Waals surface area contributed by atoms with Gasteiger partial charge in [-0.2, -0.15) is 0 Å². The van der Waals surface area contributed by atoms with E-state index in [1.54, 1.807) is 0 Å². The molecule has 4 nitrogen and oxygen atoms in total. The first kappa shape index (κ1) is 17.0. The molecule has 1 N–H and O–H groups in total. The first-order chi connectivity index (χ1) is 11.7. The summed E-state index contributed by atoms with van der Waals surface area (Å²) in [7, 11) is 0. The molecule has 1 saturated carbocycles. The van der Waals surface area contributed by atoms with Gasteiger partial charge in [0.15, 0.2) is 0 Å². The maximum absolute atomic E-state index is 12.6. The van der Waals surface area contributed by atoms with E-state index < -0.39 is 0 Å². The molecule has 24 heavy (non-hydrogen) atoms. The molecule has 0 radical (unpaired) electrons. The van der Waals surface area contributed by atoms with Crippen molar-refractivity contribution in [2.75, 3.05) is 19.6 Å². The first-order valence-corrected chi connectivity index (χ1v) is 9.30. The largest absolute Gasteiger partial charge is 0.355 e. The minimum absolute atomic E-state index is 0.0465. The van der Waals surface area contributed by atoms with Gasteiger partial charge < -0.3 is 10.2 Å². The number of carbonyl (C=O) groups excluding carboxylic acids is 2. The monoisotopic (exact) mass is 328 g/mol. The quantitative estimate of drug-likeness (QED) is 0.873. The average Bonchev–Trinajstić information content (AvgIpc) is 3.47. The topological polar surface area (TPSA) is 49.4 Å². The van der Waals surface area contributed by atoms with Crippen molar-refractivity contribution in [3.05, 3.63) is 35.9 Å². The molecular formula is C20H28N2O2. The zero-order valence-corrected chi connectivity index (χ0v) is 14.5. The molecule has 2 amide bonds. The molecule has 2 aliphatic rings. The zero-order chi connectivity index (χ0) is 16.9. The van der Waals surface area contributed by atoms with Gasteiger partial charge in [0.2, 0.25) is 11.8 Å². The summed E-state index contributed by atoms with van der Waals surface area (Å²) in [5.74, 6) is 0.924. The lowest BCUT2D eigenvalue weighted by Gasteiger charge is -2.32. The number of likely N-dealkylation sites (tertiary alicyclic amines) is 1. The Bertz CT molecular complexity index is 568. The highest BCUT2D eigenvalue weighted by Crippen LogP contribution is 2.32. The van der Waals surface area contributed by atoms with Crippen LogP contribution in [0.1, 0.15) is 50.5 Å². The second-order valence-corrected chi connectivity index (χ2v) is 7.16. The van der Waals surface area contributed by atoms with Crippen LogP contribution in [0.5, 0.6) is 0 Å². The normalized spacial score (nSPS) is 22.0. The fourth-order valence-corrected chi connectivity index (χ4v) is 3.57. The van der Waals surface area contributed by atoms with Gasteiger partial charge in [0.25, 0.3) is 0 Å². The van der Waals surface area contributed by atoms with Crippen molar-refractivity contribution in [3.63, 3.8) is 0 Å². The van der Waals surface area contributed by atoms with E-state index in [0.29, 0.717) is 19.0 Å². The average molecular weight is 328 g/mol. The van der Waals surface area contributed by atoms with Crippen molar-refractivity contribution in [1.82, 2.24) is 10.2 Å². The van der Waals surface area contributed by atoms with Crippen LogP contribution < -0.4 is 5.32 Å². The van der Waals surface area contributed by atoms with Gasteiger partial charge in [0.1, 0.15) is 0 Å². The van der Waals surface area contributed by atoms with Crippen molar-refractivity contribution in [2.24, 2.45) is 11.8 Å². The molecule has 1 heterocycles. The molecule has 3 rings (SSSR count). The third-order valence-electron chi connectivity index (χ3n) is 5.32. The van der Waals surface area contributed by atoms with Crippen molar-refractivity contribution in [3.8, 4) is 0 Å². The lowest BCUT2D eigenvalue weighted by molar-refractivity contribution is -0.136. The second-order valence-electron chi connectivity index (χ2n) is 7.16. The Morgan fingerprint density at radius 2 is 1.92 bits per heavy atom. The predicted molar refractivity (Wildman–Crippen MR) is 94.5 cm³/mol. The minimum Gasteiger partial charge on any atom is -0.355 e. The molecule has 1 aliphatic heterocycles. The Balaban J connectivity index is 1.51. The van der Waals surface area contributed by atoms with Crippen LogP contribution in [-0.2, 0) is 9.59 Å². The summed E-state index contributed by atoms with van der Waals surface area (Å²) in [5, 5.41) is 3.13. The molecule has 4 heteroatoms. The predicted octanol–water partition coefficient (Wildman–Crippen LogP) is 2.95. The van der Waals surface area contributed by atoms with E-state index in [1.165, 1.54) is 5.56 Å². The number of hydrogen-bond acceptors (Lipinski definition) is 2. The number of piperidine rings is 1. The summed E-state index contributed by atoms with van der Waals surface area (Å²) < 4.78 is 0. The van der Waals surface area contributed by atoms with Crippen LogP contribution >= 0.6 is 0 Å². The van der Waals surface area contributed by atoms with Gasteiger partial charge in [-0.25, -0.2) is 0 Å². The smallest absolute Gasteiger partial charge is 0.225 e. The summed E-state index contributed by atoms with van der Waals surface area (Å²) >= 11 is 0. The Labute approximate surface area is 144 Å². The van der Waals surface area contributed by atoms with Crippen LogP contribution in [0.25, 0.3) is 0 Å². The maximum atomic E-state index is 12.6. The number of rotatable bonds is 6. The van der Waals surface area contributed by atoms with Gasteiger partial charge in [-0.1, -0.05) is 37.3 Å². The number of nitrogens with zero attached hydrogens (tertiary/aromatic N) is 1. The standard InChI is InChI=1S/C20H28N2O2/c1-2-15(16-7-4-3-5-8-16)13-21-19(23)18-9-6-12-22(14-18)20(24)17-10-11-17/h3-5,7-8,15,17-18H,2,6,9-14H2,1H3,(H,21,23)/t15-,18+/m0/s1. The Kier molecular flexibility index (Phi) is 5.54. The van der Waals surface area contributed by atoms with Crippen LogP contribution in [0.3, 0.4) is 0 Å². The van der Waals surface area contributed by atoms with Crippen LogP contribution in [0.15, 0.2) is 30.3 Å². The highest BCUT2D eigenvalue weighted by atomic mass is 16.2. The molecule has 2 fully saturated rings. The zero-order valence-electron chi connectivity index (χ0n) is 14.5. The van der Waals surface area contributed by atoms with Crippen LogP contribution in [0.2, 0.25) is 0 Å². The van der Waals surface area contributed by atoms with E-state index in [2.05, 4.69) is 24.4 Å². The summed E-state index contributed by atoms with van der Waals surface area (Å²) in [6, 6.07) is 10.3. The molecule has 130 valence electrons. The second kappa shape index (κ2) is 7.82. The third kappa shape index (κ3) is 4.16. The highest BCUT2D eigenvalue weighted by molar-refractivity contribution is 5.83. The van der Waals surface area contributed by atoms with Crippen molar-refractivity contribution in [1.29, 1.82) is 0 Å². The third-order valence-corrected chi connectivity index (χ3v) is 5.32. The summed E-state index contributed by atoms with van der Waals surface area (Å²) in [5.41, 5.74) is 1.27. The Hall–Kier alpha value is -1.84. The van der Waals surface area contributed by atoms with Crippen molar-refractivity contribution in [2.45, 2.75) is 44.9 Å². The fourth-order valence-electron chi connectivity index (χ4n) is 3.57. The summed E-state index contributed by atoms with van der Waals surface area (Å²) in [6.07, 6.45) is 4.89. The lowest BCUT2D eigenvalue weighted by Crippen LogP contribution is -2.46. The van der Waals surface area contributed by atoms with E-state index in [9.17, 15) is 9.59 Å². The Morgan fingerprint density at radius 1 is 1.17 bits per heavy atom.